The second-order valence-corrected chi connectivity index (χ2v) is 7.60. The Kier molecular flexibility index (Phi) is 4.68. The van der Waals surface area contributed by atoms with Gasteiger partial charge in [0.25, 0.3) is 0 Å². The molecule has 3 heteroatoms. The van der Waals surface area contributed by atoms with E-state index >= 15 is 0 Å². The Balaban J connectivity index is 1.62. The minimum Gasteiger partial charge on any atom is -0.306 e. The number of rotatable bonds is 2. The van der Waals surface area contributed by atoms with Gasteiger partial charge in [0.05, 0.1) is 0 Å². The first-order chi connectivity index (χ1) is 9.71. The van der Waals surface area contributed by atoms with Crippen LogP contribution in [0.1, 0.15) is 45.4 Å². The van der Waals surface area contributed by atoms with Crippen molar-refractivity contribution in [3.8, 4) is 0 Å². The van der Waals surface area contributed by atoms with Crippen LogP contribution in [0.15, 0.2) is 0 Å². The van der Waals surface area contributed by atoms with E-state index in [0.29, 0.717) is 5.41 Å². The average Bonchev–Trinajstić information content (AvgIpc) is 2.47. The van der Waals surface area contributed by atoms with E-state index in [9.17, 15) is 0 Å². The van der Waals surface area contributed by atoms with Crippen LogP contribution in [0.5, 0.6) is 0 Å². The van der Waals surface area contributed by atoms with Crippen molar-refractivity contribution in [1.82, 2.24) is 14.7 Å². The monoisotopic (exact) mass is 279 g/mol. The summed E-state index contributed by atoms with van der Waals surface area (Å²) in [5, 5.41) is 0. The molecule has 2 unspecified atom stereocenters. The topological polar surface area (TPSA) is 9.72 Å². The van der Waals surface area contributed by atoms with Crippen LogP contribution in [0.25, 0.3) is 0 Å². The zero-order chi connectivity index (χ0) is 14.0. The SMILES string of the molecule is CCN1CCCC(N2CCCC3(CCCN(C)C3)C2)C1. The molecule has 0 amide bonds. The molecule has 0 aromatic carbocycles. The quantitative estimate of drug-likeness (QED) is 0.768. The highest BCUT2D eigenvalue weighted by molar-refractivity contribution is 4.94. The molecule has 0 aromatic heterocycles. The average molecular weight is 279 g/mol. The van der Waals surface area contributed by atoms with Crippen LogP contribution in [0.2, 0.25) is 0 Å². The maximum atomic E-state index is 2.87. The lowest BCUT2D eigenvalue weighted by Crippen LogP contribution is -2.56. The highest BCUT2D eigenvalue weighted by Crippen LogP contribution is 2.39. The lowest BCUT2D eigenvalue weighted by Gasteiger charge is -2.51. The fourth-order valence-corrected chi connectivity index (χ4v) is 4.96. The Labute approximate surface area is 125 Å². The molecular weight excluding hydrogens is 246 g/mol. The first-order valence-electron chi connectivity index (χ1n) is 8.86. The van der Waals surface area contributed by atoms with E-state index in [1.54, 1.807) is 0 Å². The summed E-state index contributed by atoms with van der Waals surface area (Å²) in [5.41, 5.74) is 0.625. The predicted octanol–water partition coefficient (Wildman–Crippen LogP) is 2.28. The molecule has 3 heterocycles. The van der Waals surface area contributed by atoms with E-state index in [4.69, 9.17) is 0 Å². The standard InChI is InChI=1S/C17H33N3/c1-3-19-11-4-7-16(13-19)20-12-6-9-17(15-20)8-5-10-18(2)14-17/h16H,3-15H2,1-2H3. The minimum atomic E-state index is 0.625. The zero-order valence-electron chi connectivity index (χ0n) is 13.6. The summed E-state index contributed by atoms with van der Waals surface area (Å²) in [6.07, 6.45) is 8.62. The van der Waals surface area contributed by atoms with Crippen molar-refractivity contribution in [2.24, 2.45) is 5.41 Å². The second-order valence-electron chi connectivity index (χ2n) is 7.60. The van der Waals surface area contributed by atoms with Crippen LogP contribution in [-0.2, 0) is 0 Å². The Morgan fingerprint density at radius 1 is 1.00 bits per heavy atom. The number of hydrogen-bond donors (Lipinski definition) is 0. The Hall–Kier alpha value is -0.120. The molecule has 1 spiro atoms. The molecule has 3 aliphatic heterocycles. The molecule has 0 saturated carbocycles. The molecule has 3 aliphatic rings. The van der Waals surface area contributed by atoms with Gasteiger partial charge in [-0.1, -0.05) is 6.92 Å². The summed E-state index contributed by atoms with van der Waals surface area (Å²) in [7, 11) is 2.32. The Morgan fingerprint density at radius 2 is 1.80 bits per heavy atom. The Bertz CT molecular complexity index is 315. The van der Waals surface area contributed by atoms with E-state index in [1.165, 1.54) is 84.3 Å². The van der Waals surface area contributed by atoms with Gasteiger partial charge < -0.3 is 9.80 Å². The molecule has 3 saturated heterocycles. The second kappa shape index (κ2) is 6.33. The maximum absolute atomic E-state index is 2.87. The van der Waals surface area contributed by atoms with E-state index in [0.717, 1.165) is 6.04 Å². The van der Waals surface area contributed by atoms with Gasteiger partial charge in [-0.25, -0.2) is 0 Å². The van der Waals surface area contributed by atoms with Crippen molar-refractivity contribution in [3.05, 3.63) is 0 Å². The van der Waals surface area contributed by atoms with Gasteiger partial charge in [0.2, 0.25) is 0 Å². The molecule has 0 bridgehead atoms. The third-order valence-electron chi connectivity index (χ3n) is 5.99. The van der Waals surface area contributed by atoms with Gasteiger partial charge in [0.1, 0.15) is 0 Å². The van der Waals surface area contributed by atoms with Crippen molar-refractivity contribution in [3.63, 3.8) is 0 Å². The Morgan fingerprint density at radius 3 is 2.55 bits per heavy atom. The van der Waals surface area contributed by atoms with Crippen LogP contribution in [0.3, 0.4) is 0 Å². The summed E-state index contributed by atoms with van der Waals surface area (Å²) in [6.45, 7) is 11.6. The molecule has 2 atom stereocenters. The fourth-order valence-electron chi connectivity index (χ4n) is 4.96. The highest BCUT2D eigenvalue weighted by atomic mass is 15.2. The molecule has 0 radical (unpaired) electrons. The number of likely N-dealkylation sites (tertiary alicyclic amines) is 3. The molecule has 0 aliphatic carbocycles. The van der Waals surface area contributed by atoms with Crippen molar-refractivity contribution < 1.29 is 0 Å². The van der Waals surface area contributed by atoms with Crippen LogP contribution in [-0.4, -0.2) is 73.6 Å². The molecule has 3 fully saturated rings. The number of piperidine rings is 3. The van der Waals surface area contributed by atoms with Crippen LogP contribution in [0, 0.1) is 5.41 Å². The van der Waals surface area contributed by atoms with E-state index in [2.05, 4.69) is 28.7 Å². The largest absolute Gasteiger partial charge is 0.306 e. The third kappa shape index (κ3) is 3.20. The van der Waals surface area contributed by atoms with Crippen LogP contribution >= 0.6 is 0 Å². The highest BCUT2D eigenvalue weighted by Gasteiger charge is 2.40. The van der Waals surface area contributed by atoms with Crippen molar-refractivity contribution >= 4 is 0 Å². The van der Waals surface area contributed by atoms with Crippen molar-refractivity contribution in [2.75, 3.05) is 52.9 Å². The summed E-state index contributed by atoms with van der Waals surface area (Å²) in [4.78, 5) is 8.10. The van der Waals surface area contributed by atoms with E-state index in [-0.39, 0.29) is 0 Å². The molecule has 0 aromatic rings. The molecule has 116 valence electrons. The lowest BCUT2D eigenvalue weighted by molar-refractivity contribution is -0.0115. The summed E-state index contributed by atoms with van der Waals surface area (Å²) in [5.74, 6) is 0. The van der Waals surface area contributed by atoms with Gasteiger partial charge in [-0.3, -0.25) is 4.90 Å². The molecule has 3 nitrogen and oxygen atoms in total. The molecule has 3 rings (SSSR count). The van der Waals surface area contributed by atoms with Crippen LogP contribution in [0.4, 0.5) is 0 Å². The minimum absolute atomic E-state index is 0.625. The van der Waals surface area contributed by atoms with Gasteiger partial charge in [-0.05, 0) is 77.2 Å². The normalized spacial score (nSPS) is 38.4. The summed E-state index contributed by atoms with van der Waals surface area (Å²) < 4.78 is 0. The lowest BCUT2D eigenvalue weighted by atomic mass is 9.73. The maximum Gasteiger partial charge on any atom is 0.0223 e. The smallest absolute Gasteiger partial charge is 0.0223 e. The van der Waals surface area contributed by atoms with E-state index in [1.807, 2.05) is 0 Å². The van der Waals surface area contributed by atoms with Gasteiger partial charge in [0.15, 0.2) is 0 Å². The van der Waals surface area contributed by atoms with Gasteiger partial charge >= 0.3 is 0 Å². The van der Waals surface area contributed by atoms with Gasteiger partial charge in [-0.15, -0.1) is 0 Å². The molecule has 20 heavy (non-hydrogen) atoms. The third-order valence-corrected chi connectivity index (χ3v) is 5.99. The summed E-state index contributed by atoms with van der Waals surface area (Å²) >= 11 is 0. The molecular formula is C17H33N3. The first kappa shape index (κ1) is 14.8. The van der Waals surface area contributed by atoms with Gasteiger partial charge in [0, 0.05) is 25.7 Å². The van der Waals surface area contributed by atoms with Gasteiger partial charge in [-0.2, -0.15) is 0 Å². The zero-order valence-corrected chi connectivity index (χ0v) is 13.6. The molecule has 0 N–H and O–H groups in total. The van der Waals surface area contributed by atoms with Crippen LogP contribution < -0.4 is 0 Å². The predicted molar refractivity (Wildman–Crippen MR) is 85.1 cm³/mol. The number of nitrogens with zero attached hydrogens (tertiary/aromatic N) is 3. The first-order valence-corrected chi connectivity index (χ1v) is 8.86. The fraction of sp³-hybridized carbons (Fsp3) is 1.00. The van der Waals surface area contributed by atoms with Crippen molar-refractivity contribution in [2.45, 2.75) is 51.5 Å². The number of hydrogen-bond acceptors (Lipinski definition) is 3. The van der Waals surface area contributed by atoms with Crippen molar-refractivity contribution in [1.29, 1.82) is 0 Å². The number of likely N-dealkylation sites (N-methyl/N-ethyl adjacent to an activating group) is 1. The summed E-state index contributed by atoms with van der Waals surface area (Å²) in [6, 6.07) is 0.841. The van der Waals surface area contributed by atoms with E-state index < -0.39 is 0 Å².